The average molecular weight is 346 g/mol. The summed E-state index contributed by atoms with van der Waals surface area (Å²) in [7, 11) is 1.74. The minimum absolute atomic E-state index is 0.0231. The molecule has 24 heavy (non-hydrogen) atoms. The Bertz CT molecular complexity index is 706. The number of likely N-dealkylation sites (N-methyl/N-ethyl adjacent to an activating group) is 1. The number of carbonyl (C=O) groups is 1. The Morgan fingerprint density at radius 2 is 2.33 bits per heavy atom. The summed E-state index contributed by atoms with van der Waals surface area (Å²) in [5, 5.41) is 13.7. The molecule has 0 aromatic carbocycles. The van der Waals surface area contributed by atoms with Gasteiger partial charge < -0.3 is 14.9 Å². The van der Waals surface area contributed by atoms with Gasteiger partial charge in [0.25, 0.3) is 0 Å². The van der Waals surface area contributed by atoms with Crippen molar-refractivity contribution >= 4 is 23.1 Å². The number of thiazole rings is 1. The van der Waals surface area contributed by atoms with E-state index in [-0.39, 0.29) is 12.3 Å². The second-order valence-electron chi connectivity index (χ2n) is 6.37. The van der Waals surface area contributed by atoms with E-state index >= 15 is 0 Å². The molecular formula is C17H22N4O2S. The third-order valence-electron chi connectivity index (χ3n) is 4.26. The van der Waals surface area contributed by atoms with Gasteiger partial charge in [0.1, 0.15) is 11.4 Å². The first kappa shape index (κ1) is 16.9. The van der Waals surface area contributed by atoms with Crippen LogP contribution in [0.3, 0.4) is 0 Å². The van der Waals surface area contributed by atoms with Crippen LogP contribution in [0, 0.1) is 6.92 Å². The zero-order valence-electron chi connectivity index (χ0n) is 14.0. The Kier molecular flexibility index (Phi) is 4.82. The number of amides is 1. The lowest BCUT2D eigenvalue weighted by molar-refractivity contribution is -0.132. The third-order valence-corrected chi connectivity index (χ3v) is 5.08. The maximum absolute atomic E-state index is 12.4. The molecule has 1 atom stereocenters. The van der Waals surface area contributed by atoms with E-state index in [1.165, 1.54) is 0 Å². The molecule has 1 aliphatic heterocycles. The zero-order chi connectivity index (χ0) is 17.2. The first-order valence-electron chi connectivity index (χ1n) is 7.98. The Morgan fingerprint density at radius 3 is 3.00 bits per heavy atom. The Hall–Kier alpha value is -1.99. The van der Waals surface area contributed by atoms with Crippen molar-refractivity contribution in [2.24, 2.45) is 0 Å². The SMILES string of the molecule is Cc1nc(CC(=O)N(C)CC2(O)CCN(c3ccccn3)C2)cs1. The summed E-state index contributed by atoms with van der Waals surface area (Å²) in [6.45, 7) is 3.46. The number of rotatable bonds is 5. The number of hydrogen-bond donors (Lipinski definition) is 1. The molecule has 1 fully saturated rings. The van der Waals surface area contributed by atoms with Crippen molar-refractivity contribution in [1.29, 1.82) is 0 Å². The first-order valence-corrected chi connectivity index (χ1v) is 8.86. The number of anilines is 1. The summed E-state index contributed by atoms with van der Waals surface area (Å²) in [6, 6.07) is 5.74. The van der Waals surface area contributed by atoms with Gasteiger partial charge in [-0.1, -0.05) is 6.07 Å². The molecule has 128 valence electrons. The molecule has 3 heterocycles. The normalized spacial score (nSPS) is 20.4. The highest BCUT2D eigenvalue weighted by molar-refractivity contribution is 7.09. The van der Waals surface area contributed by atoms with E-state index in [9.17, 15) is 9.90 Å². The summed E-state index contributed by atoms with van der Waals surface area (Å²) >= 11 is 1.54. The van der Waals surface area contributed by atoms with Crippen molar-refractivity contribution in [3.8, 4) is 0 Å². The maximum atomic E-state index is 12.4. The average Bonchev–Trinajstić information content (AvgIpc) is 3.14. The molecule has 0 saturated carbocycles. The molecule has 2 aromatic rings. The molecule has 1 aliphatic rings. The van der Waals surface area contributed by atoms with Crippen LogP contribution >= 0.6 is 11.3 Å². The molecule has 2 aromatic heterocycles. The molecular weight excluding hydrogens is 324 g/mol. The highest BCUT2D eigenvalue weighted by atomic mass is 32.1. The van der Waals surface area contributed by atoms with Gasteiger partial charge in [0, 0.05) is 31.7 Å². The molecule has 7 heteroatoms. The van der Waals surface area contributed by atoms with E-state index in [4.69, 9.17) is 0 Å². The van der Waals surface area contributed by atoms with Crippen molar-refractivity contribution in [2.75, 3.05) is 31.6 Å². The van der Waals surface area contributed by atoms with Gasteiger partial charge in [-0.3, -0.25) is 4.79 Å². The minimum Gasteiger partial charge on any atom is -0.386 e. The van der Waals surface area contributed by atoms with Crippen LogP contribution in [0.2, 0.25) is 0 Å². The lowest BCUT2D eigenvalue weighted by Gasteiger charge is -2.29. The van der Waals surface area contributed by atoms with Crippen LogP contribution in [0.15, 0.2) is 29.8 Å². The molecule has 0 radical (unpaired) electrons. The number of pyridine rings is 1. The van der Waals surface area contributed by atoms with E-state index in [0.29, 0.717) is 19.5 Å². The second-order valence-corrected chi connectivity index (χ2v) is 7.43. The highest BCUT2D eigenvalue weighted by Gasteiger charge is 2.38. The predicted octanol–water partition coefficient (Wildman–Crippen LogP) is 1.49. The van der Waals surface area contributed by atoms with Crippen molar-refractivity contribution in [3.63, 3.8) is 0 Å². The third kappa shape index (κ3) is 3.91. The van der Waals surface area contributed by atoms with Crippen molar-refractivity contribution in [3.05, 3.63) is 40.5 Å². The van der Waals surface area contributed by atoms with Gasteiger partial charge in [0.2, 0.25) is 5.91 Å². The van der Waals surface area contributed by atoms with Gasteiger partial charge in [-0.2, -0.15) is 0 Å². The number of carbonyl (C=O) groups excluding carboxylic acids is 1. The molecule has 3 rings (SSSR count). The number of aromatic nitrogens is 2. The molecule has 1 unspecified atom stereocenters. The van der Waals surface area contributed by atoms with E-state index in [1.807, 2.05) is 30.5 Å². The predicted molar refractivity (Wildman–Crippen MR) is 94.2 cm³/mol. The number of β-amino-alcohol motifs (C(OH)–C–C–N with tert-alkyl or cyclic N) is 1. The lowest BCUT2D eigenvalue weighted by Crippen LogP contribution is -2.46. The Balaban J connectivity index is 1.57. The van der Waals surface area contributed by atoms with E-state index in [0.717, 1.165) is 23.1 Å². The number of hydrogen-bond acceptors (Lipinski definition) is 6. The van der Waals surface area contributed by atoms with Crippen LogP contribution in [0.25, 0.3) is 0 Å². The van der Waals surface area contributed by atoms with Crippen LogP contribution in [0.1, 0.15) is 17.1 Å². The zero-order valence-corrected chi connectivity index (χ0v) is 14.8. The quantitative estimate of drug-likeness (QED) is 0.888. The monoisotopic (exact) mass is 346 g/mol. The molecule has 0 aliphatic carbocycles. The fourth-order valence-electron chi connectivity index (χ4n) is 3.03. The molecule has 1 saturated heterocycles. The second kappa shape index (κ2) is 6.86. The molecule has 1 N–H and O–H groups in total. The van der Waals surface area contributed by atoms with Gasteiger partial charge >= 0.3 is 0 Å². The van der Waals surface area contributed by atoms with Gasteiger partial charge in [0.15, 0.2) is 0 Å². The minimum atomic E-state index is -0.903. The Labute approximate surface area is 145 Å². The number of nitrogens with zero attached hydrogens (tertiary/aromatic N) is 4. The lowest BCUT2D eigenvalue weighted by atomic mass is 10.0. The molecule has 0 bridgehead atoms. The summed E-state index contributed by atoms with van der Waals surface area (Å²) in [6.07, 6.45) is 2.65. The summed E-state index contributed by atoms with van der Waals surface area (Å²) in [5.41, 5.74) is -0.109. The summed E-state index contributed by atoms with van der Waals surface area (Å²) in [5.74, 6) is 0.838. The van der Waals surface area contributed by atoms with Crippen LogP contribution in [-0.2, 0) is 11.2 Å². The number of aliphatic hydroxyl groups is 1. The smallest absolute Gasteiger partial charge is 0.228 e. The standard InChI is InChI=1S/C17H22N4O2S/c1-13-19-14(10-24-13)9-16(22)20(2)11-17(23)6-8-21(12-17)15-5-3-4-7-18-15/h3-5,7,10,23H,6,8-9,11-12H2,1-2H3. The molecule has 1 amide bonds. The highest BCUT2D eigenvalue weighted by Crippen LogP contribution is 2.26. The van der Waals surface area contributed by atoms with Gasteiger partial charge in [0.05, 0.1) is 23.7 Å². The van der Waals surface area contributed by atoms with Crippen LogP contribution in [-0.4, -0.2) is 58.2 Å². The van der Waals surface area contributed by atoms with Gasteiger partial charge in [-0.15, -0.1) is 11.3 Å². The van der Waals surface area contributed by atoms with E-state index in [1.54, 1.807) is 29.5 Å². The van der Waals surface area contributed by atoms with Crippen molar-refractivity contribution in [2.45, 2.75) is 25.4 Å². The molecule has 0 spiro atoms. The fourth-order valence-corrected chi connectivity index (χ4v) is 3.64. The van der Waals surface area contributed by atoms with Crippen LogP contribution in [0.5, 0.6) is 0 Å². The summed E-state index contributed by atoms with van der Waals surface area (Å²) < 4.78 is 0. The topological polar surface area (TPSA) is 69.6 Å². The fraction of sp³-hybridized carbons (Fsp3) is 0.471. The van der Waals surface area contributed by atoms with Gasteiger partial charge in [-0.05, 0) is 25.5 Å². The van der Waals surface area contributed by atoms with Crippen LogP contribution in [0.4, 0.5) is 5.82 Å². The maximum Gasteiger partial charge on any atom is 0.228 e. The number of aryl methyl sites for hydroxylation is 1. The molecule has 6 nitrogen and oxygen atoms in total. The van der Waals surface area contributed by atoms with Crippen LogP contribution < -0.4 is 4.90 Å². The van der Waals surface area contributed by atoms with Crippen molar-refractivity contribution < 1.29 is 9.90 Å². The largest absolute Gasteiger partial charge is 0.386 e. The Morgan fingerprint density at radius 1 is 1.50 bits per heavy atom. The first-order chi connectivity index (χ1) is 11.5. The summed E-state index contributed by atoms with van der Waals surface area (Å²) in [4.78, 5) is 24.7. The van der Waals surface area contributed by atoms with Crippen molar-refractivity contribution in [1.82, 2.24) is 14.9 Å². The van der Waals surface area contributed by atoms with E-state index in [2.05, 4.69) is 14.9 Å². The van der Waals surface area contributed by atoms with E-state index < -0.39 is 5.60 Å². The van der Waals surface area contributed by atoms with Gasteiger partial charge in [-0.25, -0.2) is 9.97 Å².